The molecule has 1 amide bonds. The molecule has 0 radical (unpaired) electrons. The number of benzene rings is 2. The van der Waals surface area contributed by atoms with Crippen molar-refractivity contribution >= 4 is 11.6 Å². The van der Waals surface area contributed by atoms with Crippen molar-refractivity contribution in [2.75, 3.05) is 11.9 Å². The van der Waals surface area contributed by atoms with Crippen LogP contribution < -0.4 is 16.1 Å². The van der Waals surface area contributed by atoms with E-state index in [0.717, 1.165) is 25.9 Å². The number of aryl methyl sites for hydroxylation is 2. The van der Waals surface area contributed by atoms with Crippen LogP contribution in [-0.4, -0.2) is 23.7 Å². The van der Waals surface area contributed by atoms with Crippen LogP contribution in [0.4, 0.5) is 10.1 Å². The average Bonchev–Trinajstić information content (AvgIpc) is 2.67. The summed E-state index contributed by atoms with van der Waals surface area (Å²) in [5, 5.41) is 15.5. The highest BCUT2D eigenvalue weighted by molar-refractivity contribution is 5.83. The van der Waals surface area contributed by atoms with Crippen molar-refractivity contribution in [1.82, 2.24) is 10.8 Å². The van der Waals surface area contributed by atoms with Crippen LogP contribution in [0.3, 0.4) is 0 Å². The van der Waals surface area contributed by atoms with Crippen LogP contribution in [0.1, 0.15) is 36.0 Å². The Bertz CT molecular complexity index is 714. The van der Waals surface area contributed by atoms with E-state index in [1.807, 2.05) is 18.2 Å². The minimum atomic E-state index is -0.576. The van der Waals surface area contributed by atoms with Crippen molar-refractivity contribution in [3.05, 3.63) is 65.0 Å². The van der Waals surface area contributed by atoms with Crippen LogP contribution >= 0.6 is 0 Å². The number of amides is 1. The standard InChI is InChI=1S/C21H28FN3O2/c1-15-12-18(13-16(2)20(15)22)24-19(21(26)25-27)10-6-7-11-23-14-17-8-4-3-5-9-17/h3-5,8-9,12-13,19,23-24,27H,6-7,10-11,14H2,1-2H3,(H,25,26)/t19-/m1/s1. The van der Waals surface area contributed by atoms with E-state index >= 15 is 0 Å². The molecule has 0 aromatic heterocycles. The molecule has 0 bridgehead atoms. The van der Waals surface area contributed by atoms with E-state index in [-0.39, 0.29) is 5.82 Å². The number of hydrogen-bond donors (Lipinski definition) is 4. The lowest BCUT2D eigenvalue weighted by Gasteiger charge is -2.19. The number of nitrogens with one attached hydrogen (secondary N) is 3. The summed E-state index contributed by atoms with van der Waals surface area (Å²) >= 11 is 0. The number of carbonyl (C=O) groups is 1. The van der Waals surface area contributed by atoms with Gasteiger partial charge in [0.2, 0.25) is 0 Å². The van der Waals surface area contributed by atoms with Crippen molar-refractivity contribution in [3.8, 4) is 0 Å². The summed E-state index contributed by atoms with van der Waals surface area (Å²) in [6.45, 7) is 5.03. The molecular weight excluding hydrogens is 345 g/mol. The summed E-state index contributed by atoms with van der Waals surface area (Å²) in [5.41, 5.74) is 4.65. The molecule has 0 fully saturated rings. The van der Waals surface area contributed by atoms with E-state index in [0.29, 0.717) is 23.2 Å². The molecule has 0 spiro atoms. The zero-order chi connectivity index (χ0) is 19.6. The topological polar surface area (TPSA) is 73.4 Å². The van der Waals surface area contributed by atoms with Crippen molar-refractivity contribution in [1.29, 1.82) is 0 Å². The predicted octanol–water partition coefficient (Wildman–Crippen LogP) is 3.69. The monoisotopic (exact) mass is 373 g/mol. The smallest absolute Gasteiger partial charge is 0.265 e. The number of hydrogen-bond acceptors (Lipinski definition) is 4. The first-order valence-corrected chi connectivity index (χ1v) is 9.23. The fourth-order valence-electron chi connectivity index (χ4n) is 3.00. The molecule has 1 atom stereocenters. The summed E-state index contributed by atoms with van der Waals surface area (Å²) < 4.78 is 13.8. The first-order chi connectivity index (χ1) is 13.0. The number of hydroxylamine groups is 1. The first-order valence-electron chi connectivity index (χ1n) is 9.23. The van der Waals surface area contributed by atoms with Crippen LogP contribution in [0.2, 0.25) is 0 Å². The van der Waals surface area contributed by atoms with Crippen LogP contribution in [-0.2, 0) is 11.3 Å². The molecule has 146 valence electrons. The summed E-state index contributed by atoms with van der Waals surface area (Å²) in [4.78, 5) is 11.9. The number of unbranched alkanes of at least 4 members (excludes halogenated alkanes) is 1. The van der Waals surface area contributed by atoms with Gasteiger partial charge >= 0.3 is 0 Å². The Kier molecular flexibility index (Phi) is 8.23. The Hall–Kier alpha value is -2.44. The van der Waals surface area contributed by atoms with Crippen molar-refractivity contribution in [2.24, 2.45) is 0 Å². The van der Waals surface area contributed by atoms with Gasteiger partial charge in [-0.05, 0) is 68.5 Å². The lowest BCUT2D eigenvalue weighted by molar-refractivity contribution is -0.130. The molecule has 0 unspecified atom stereocenters. The summed E-state index contributed by atoms with van der Waals surface area (Å²) in [6.07, 6.45) is 2.28. The Morgan fingerprint density at radius 3 is 2.41 bits per heavy atom. The lowest BCUT2D eigenvalue weighted by Crippen LogP contribution is -2.38. The van der Waals surface area contributed by atoms with Crippen LogP contribution in [0.25, 0.3) is 0 Å². The highest BCUT2D eigenvalue weighted by Gasteiger charge is 2.18. The van der Waals surface area contributed by atoms with E-state index in [1.54, 1.807) is 31.5 Å². The third kappa shape index (κ3) is 6.66. The fourth-order valence-corrected chi connectivity index (χ4v) is 3.00. The molecule has 2 aromatic carbocycles. The molecule has 0 saturated carbocycles. The molecule has 0 aliphatic rings. The van der Waals surface area contributed by atoms with E-state index in [4.69, 9.17) is 5.21 Å². The van der Waals surface area contributed by atoms with E-state index in [2.05, 4.69) is 22.8 Å². The fraction of sp³-hybridized carbons (Fsp3) is 0.381. The molecule has 2 aromatic rings. The average molecular weight is 373 g/mol. The molecule has 4 N–H and O–H groups in total. The molecular formula is C21H28FN3O2. The molecule has 27 heavy (non-hydrogen) atoms. The normalized spacial score (nSPS) is 11.9. The molecule has 6 heteroatoms. The van der Waals surface area contributed by atoms with Crippen LogP contribution in [0.15, 0.2) is 42.5 Å². The van der Waals surface area contributed by atoms with Crippen molar-refractivity contribution < 1.29 is 14.4 Å². The first kappa shape index (κ1) is 20.9. The zero-order valence-corrected chi connectivity index (χ0v) is 15.9. The minimum absolute atomic E-state index is 0.242. The van der Waals surface area contributed by atoms with E-state index in [9.17, 15) is 9.18 Å². The molecule has 0 aliphatic heterocycles. The Labute approximate surface area is 159 Å². The maximum atomic E-state index is 13.8. The van der Waals surface area contributed by atoms with Gasteiger partial charge in [-0.1, -0.05) is 30.3 Å². The van der Waals surface area contributed by atoms with Crippen molar-refractivity contribution in [3.63, 3.8) is 0 Å². The number of halogens is 1. The Morgan fingerprint density at radius 2 is 1.78 bits per heavy atom. The quantitative estimate of drug-likeness (QED) is 0.291. The molecule has 0 aliphatic carbocycles. The van der Waals surface area contributed by atoms with Gasteiger partial charge in [-0.15, -0.1) is 0 Å². The molecule has 0 saturated heterocycles. The third-order valence-corrected chi connectivity index (χ3v) is 4.47. The van der Waals surface area contributed by atoms with Crippen LogP contribution in [0, 0.1) is 19.7 Å². The second kappa shape index (κ2) is 10.6. The number of rotatable bonds is 10. The highest BCUT2D eigenvalue weighted by atomic mass is 19.1. The van der Waals surface area contributed by atoms with Gasteiger partial charge in [0.25, 0.3) is 5.91 Å². The van der Waals surface area contributed by atoms with Gasteiger partial charge in [-0.25, -0.2) is 9.87 Å². The third-order valence-electron chi connectivity index (χ3n) is 4.47. The SMILES string of the molecule is Cc1cc(N[C@H](CCCCNCc2ccccc2)C(=O)NO)cc(C)c1F. The van der Waals surface area contributed by atoms with Crippen LogP contribution in [0.5, 0.6) is 0 Å². The summed E-state index contributed by atoms with van der Waals surface area (Å²) in [5.74, 6) is -0.736. The predicted molar refractivity (Wildman–Crippen MR) is 105 cm³/mol. The number of carbonyl (C=O) groups excluding carboxylic acids is 1. The van der Waals surface area contributed by atoms with Gasteiger partial charge in [-0.3, -0.25) is 10.0 Å². The Balaban J connectivity index is 1.80. The summed E-state index contributed by atoms with van der Waals surface area (Å²) in [7, 11) is 0. The second-order valence-electron chi connectivity index (χ2n) is 6.76. The molecule has 5 nitrogen and oxygen atoms in total. The zero-order valence-electron chi connectivity index (χ0n) is 15.9. The van der Waals surface area contributed by atoms with Gasteiger partial charge in [0, 0.05) is 12.2 Å². The summed E-state index contributed by atoms with van der Waals surface area (Å²) in [6, 6.07) is 12.9. The van der Waals surface area contributed by atoms with Crippen molar-refractivity contribution in [2.45, 2.75) is 45.7 Å². The lowest BCUT2D eigenvalue weighted by atomic mass is 10.1. The Morgan fingerprint density at radius 1 is 1.11 bits per heavy atom. The largest absolute Gasteiger partial charge is 0.374 e. The van der Waals surface area contributed by atoms with E-state index in [1.165, 1.54) is 5.56 Å². The highest BCUT2D eigenvalue weighted by Crippen LogP contribution is 2.20. The van der Waals surface area contributed by atoms with Gasteiger partial charge in [0.15, 0.2) is 0 Å². The second-order valence-corrected chi connectivity index (χ2v) is 6.76. The van der Waals surface area contributed by atoms with Gasteiger partial charge in [-0.2, -0.15) is 0 Å². The number of anilines is 1. The van der Waals surface area contributed by atoms with Gasteiger partial charge in [0.1, 0.15) is 11.9 Å². The maximum Gasteiger partial charge on any atom is 0.265 e. The van der Waals surface area contributed by atoms with E-state index < -0.39 is 11.9 Å². The molecule has 2 rings (SSSR count). The minimum Gasteiger partial charge on any atom is -0.374 e. The maximum absolute atomic E-state index is 13.8. The van der Waals surface area contributed by atoms with Gasteiger partial charge < -0.3 is 10.6 Å². The molecule has 0 heterocycles. The van der Waals surface area contributed by atoms with Gasteiger partial charge in [0.05, 0.1) is 0 Å².